The van der Waals surface area contributed by atoms with E-state index in [0.29, 0.717) is 0 Å². The lowest BCUT2D eigenvalue weighted by molar-refractivity contribution is -0.173. The summed E-state index contributed by atoms with van der Waals surface area (Å²) in [7, 11) is 0. The van der Waals surface area contributed by atoms with E-state index in [1.54, 1.807) is 0 Å². The summed E-state index contributed by atoms with van der Waals surface area (Å²) < 4.78 is 11.3. The van der Waals surface area contributed by atoms with Crippen molar-refractivity contribution in [1.82, 2.24) is 0 Å². The van der Waals surface area contributed by atoms with Crippen LogP contribution in [-0.4, -0.2) is 19.0 Å². The van der Waals surface area contributed by atoms with Crippen LogP contribution in [0.2, 0.25) is 0 Å². The first-order valence-electron chi connectivity index (χ1n) is 9.08. The van der Waals surface area contributed by atoms with Gasteiger partial charge in [0.2, 0.25) is 0 Å². The van der Waals surface area contributed by atoms with Crippen molar-refractivity contribution in [1.29, 1.82) is 0 Å². The van der Waals surface area contributed by atoms with E-state index in [9.17, 15) is 0 Å². The SMILES string of the molecule is CCCCCCCCCCC#CC(C)OC1CCCCO1. The average Bonchev–Trinajstić information content (AvgIpc) is 2.50. The Hall–Kier alpha value is -0.520. The van der Waals surface area contributed by atoms with E-state index in [1.807, 2.05) is 6.92 Å². The lowest BCUT2D eigenvalue weighted by Crippen LogP contribution is -2.25. The van der Waals surface area contributed by atoms with Crippen molar-refractivity contribution in [2.75, 3.05) is 6.61 Å². The lowest BCUT2D eigenvalue weighted by Gasteiger charge is -2.24. The third-order valence-electron chi connectivity index (χ3n) is 3.95. The van der Waals surface area contributed by atoms with Gasteiger partial charge in [0.15, 0.2) is 6.29 Å². The Balaban J connectivity index is 1.92. The quantitative estimate of drug-likeness (QED) is 0.394. The summed E-state index contributed by atoms with van der Waals surface area (Å²) in [5.74, 6) is 6.45. The van der Waals surface area contributed by atoms with Gasteiger partial charge in [-0.3, -0.25) is 0 Å². The molecular formula is C19H34O2. The van der Waals surface area contributed by atoms with E-state index in [2.05, 4.69) is 18.8 Å². The van der Waals surface area contributed by atoms with Gasteiger partial charge >= 0.3 is 0 Å². The van der Waals surface area contributed by atoms with Gasteiger partial charge in [-0.2, -0.15) is 0 Å². The molecule has 2 heteroatoms. The van der Waals surface area contributed by atoms with Crippen molar-refractivity contribution in [2.45, 2.75) is 103 Å². The van der Waals surface area contributed by atoms with Gasteiger partial charge in [-0.1, -0.05) is 57.8 Å². The third-order valence-corrected chi connectivity index (χ3v) is 3.95. The van der Waals surface area contributed by atoms with Crippen LogP contribution in [0.1, 0.15) is 90.9 Å². The predicted octanol–water partition coefficient (Wildman–Crippen LogP) is 5.45. The van der Waals surface area contributed by atoms with E-state index in [-0.39, 0.29) is 12.4 Å². The Bertz CT molecular complexity index is 284. The minimum Gasteiger partial charge on any atom is -0.353 e. The maximum atomic E-state index is 5.78. The van der Waals surface area contributed by atoms with Crippen molar-refractivity contribution in [3.05, 3.63) is 0 Å². The monoisotopic (exact) mass is 294 g/mol. The topological polar surface area (TPSA) is 18.5 Å². The first kappa shape index (κ1) is 18.5. The summed E-state index contributed by atoms with van der Waals surface area (Å²) in [6.45, 7) is 5.13. The molecule has 0 aromatic carbocycles. The van der Waals surface area contributed by atoms with E-state index >= 15 is 0 Å². The van der Waals surface area contributed by atoms with Crippen molar-refractivity contribution in [3.8, 4) is 11.8 Å². The fourth-order valence-corrected chi connectivity index (χ4v) is 2.64. The van der Waals surface area contributed by atoms with Crippen LogP contribution in [0.15, 0.2) is 0 Å². The van der Waals surface area contributed by atoms with Gasteiger partial charge < -0.3 is 9.47 Å². The molecular weight excluding hydrogens is 260 g/mol. The molecule has 0 aromatic rings. The summed E-state index contributed by atoms with van der Waals surface area (Å²) >= 11 is 0. The fraction of sp³-hybridized carbons (Fsp3) is 0.895. The highest BCUT2D eigenvalue weighted by atomic mass is 16.7. The lowest BCUT2D eigenvalue weighted by atomic mass is 10.1. The van der Waals surface area contributed by atoms with Gasteiger partial charge in [0, 0.05) is 13.0 Å². The first-order chi connectivity index (χ1) is 10.3. The van der Waals surface area contributed by atoms with E-state index in [4.69, 9.17) is 9.47 Å². The molecule has 21 heavy (non-hydrogen) atoms. The zero-order chi connectivity index (χ0) is 15.2. The largest absolute Gasteiger partial charge is 0.353 e. The highest BCUT2D eigenvalue weighted by Gasteiger charge is 2.15. The molecule has 2 atom stereocenters. The van der Waals surface area contributed by atoms with E-state index in [1.165, 1.54) is 64.2 Å². The molecule has 0 bridgehead atoms. The molecule has 0 N–H and O–H groups in total. The zero-order valence-electron chi connectivity index (χ0n) is 14.2. The fourth-order valence-electron chi connectivity index (χ4n) is 2.64. The second-order valence-electron chi connectivity index (χ2n) is 6.12. The molecule has 122 valence electrons. The molecule has 1 fully saturated rings. The van der Waals surface area contributed by atoms with E-state index < -0.39 is 0 Å². The molecule has 2 unspecified atom stereocenters. The Kier molecular flexibility index (Phi) is 11.6. The molecule has 1 rings (SSSR count). The Morgan fingerprint density at radius 2 is 1.76 bits per heavy atom. The minimum absolute atomic E-state index is 0.00199. The number of hydrogen-bond acceptors (Lipinski definition) is 2. The number of rotatable bonds is 10. The van der Waals surface area contributed by atoms with Crippen LogP contribution < -0.4 is 0 Å². The molecule has 1 heterocycles. The molecule has 0 aliphatic carbocycles. The third kappa shape index (κ3) is 10.8. The maximum Gasteiger partial charge on any atom is 0.159 e. The molecule has 1 saturated heterocycles. The molecule has 1 aliphatic heterocycles. The van der Waals surface area contributed by atoms with Crippen LogP contribution in [0.25, 0.3) is 0 Å². The predicted molar refractivity (Wildman–Crippen MR) is 89.1 cm³/mol. The smallest absolute Gasteiger partial charge is 0.159 e. The summed E-state index contributed by atoms with van der Waals surface area (Å²) in [6, 6.07) is 0. The number of unbranched alkanes of at least 4 members (excludes halogenated alkanes) is 8. The zero-order valence-corrected chi connectivity index (χ0v) is 14.2. The highest BCUT2D eigenvalue weighted by molar-refractivity contribution is 5.03. The van der Waals surface area contributed by atoms with Crippen molar-refractivity contribution in [3.63, 3.8) is 0 Å². The Labute approximate surface area is 132 Å². The van der Waals surface area contributed by atoms with Crippen LogP contribution >= 0.6 is 0 Å². The molecule has 0 saturated carbocycles. The second kappa shape index (κ2) is 13.2. The van der Waals surface area contributed by atoms with Crippen molar-refractivity contribution in [2.24, 2.45) is 0 Å². The van der Waals surface area contributed by atoms with Gasteiger partial charge in [-0.05, 0) is 32.6 Å². The Morgan fingerprint density at radius 3 is 2.43 bits per heavy atom. The second-order valence-corrected chi connectivity index (χ2v) is 6.12. The van der Waals surface area contributed by atoms with Gasteiger partial charge in [-0.25, -0.2) is 0 Å². The molecule has 0 spiro atoms. The summed E-state index contributed by atoms with van der Waals surface area (Å²) in [4.78, 5) is 0. The van der Waals surface area contributed by atoms with Crippen LogP contribution in [0.5, 0.6) is 0 Å². The highest BCUT2D eigenvalue weighted by Crippen LogP contribution is 2.15. The van der Waals surface area contributed by atoms with Crippen LogP contribution in [0.3, 0.4) is 0 Å². The number of hydrogen-bond donors (Lipinski definition) is 0. The van der Waals surface area contributed by atoms with Crippen LogP contribution in [0.4, 0.5) is 0 Å². The average molecular weight is 294 g/mol. The standard InChI is InChI=1S/C19H34O2/c1-3-4-5-6-7-8-9-10-11-12-15-18(2)21-19-16-13-14-17-20-19/h18-19H,3-11,13-14,16-17H2,1-2H3. The van der Waals surface area contributed by atoms with Crippen molar-refractivity contribution < 1.29 is 9.47 Å². The van der Waals surface area contributed by atoms with Crippen molar-refractivity contribution >= 4 is 0 Å². The van der Waals surface area contributed by atoms with Gasteiger partial charge in [0.05, 0.1) is 0 Å². The molecule has 2 nitrogen and oxygen atoms in total. The molecule has 0 aromatic heterocycles. The van der Waals surface area contributed by atoms with E-state index in [0.717, 1.165) is 19.4 Å². The molecule has 1 aliphatic rings. The van der Waals surface area contributed by atoms with Gasteiger partial charge in [-0.15, -0.1) is 5.92 Å². The van der Waals surface area contributed by atoms with Gasteiger partial charge in [0.25, 0.3) is 0 Å². The van der Waals surface area contributed by atoms with Crippen LogP contribution in [0, 0.1) is 11.8 Å². The normalized spacial score (nSPS) is 19.8. The summed E-state index contributed by atoms with van der Waals surface area (Å²) in [5.41, 5.74) is 0. The summed E-state index contributed by atoms with van der Waals surface area (Å²) in [6.07, 6.45) is 15.2. The van der Waals surface area contributed by atoms with Gasteiger partial charge in [0.1, 0.15) is 6.10 Å². The van der Waals surface area contributed by atoms with Crippen LogP contribution in [-0.2, 0) is 9.47 Å². The molecule has 0 amide bonds. The molecule has 0 radical (unpaired) electrons. The minimum atomic E-state index is -0.0221. The Morgan fingerprint density at radius 1 is 1.05 bits per heavy atom. The summed E-state index contributed by atoms with van der Waals surface area (Å²) in [5, 5.41) is 0. The first-order valence-corrected chi connectivity index (χ1v) is 9.08. The maximum absolute atomic E-state index is 5.78. The number of ether oxygens (including phenoxy) is 2.